The summed E-state index contributed by atoms with van der Waals surface area (Å²) in [6.45, 7) is 15.6. The van der Waals surface area contributed by atoms with Gasteiger partial charge in [-0.3, -0.25) is 4.90 Å². The molecule has 0 spiro atoms. The van der Waals surface area contributed by atoms with Gasteiger partial charge in [0.25, 0.3) is 0 Å². The summed E-state index contributed by atoms with van der Waals surface area (Å²) < 4.78 is 0. The van der Waals surface area contributed by atoms with E-state index in [9.17, 15) is 0 Å². The van der Waals surface area contributed by atoms with Gasteiger partial charge in [0.05, 0.1) is 0 Å². The van der Waals surface area contributed by atoms with Crippen molar-refractivity contribution in [1.82, 2.24) is 4.90 Å². The fourth-order valence-electron chi connectivity index (χ4n) is 5.84. The van der Waals surface area contributed by atoms with Crippen molar-refractivity contribution in [2.75, 3.05) is 37.6 Å². The van der Waals surface area contributed by atoms with Crippen LogP contribution in [0.3, 0.4) is 0 Å². The van der Waals surface area contributed by atoms with Gasteiger partial charge in [-0.1, -0.05) is 76.6 Å². The zero-order valence-electron chi connectivity index (χ0n) is 20.9. The molecule has 0 amide bonds. The molecule has 1 aliphatic heterocycles. The smallest absolute Gasteiger partial charge is 0.0408 e. The van der Waals surface area contributed by atoms with Gasteiger partial charge in [0.15, 0.2) is 0 Å². The molecule has 4 rings (SSSR count). The molecule has 1 saturated carbocycles. The molecule has 1 aliphatic carbocycles. The SMILES string of the molecule is CCCCN1CCN(c2cc(-c3ccccc3)ccc2C2CCC(C(C)(C)C)CC2)CC1. The fraction of sp³-hybridized carbons (Fsp3) is 0.600. The van der Waals surface area contributed by atoms with Crippen molar-refractivity contribution in [3.8, 4) is 11.1 Å². The predicted molar refractivity (Wildman–Crippen MR) is 140 cm³/mol. The Kier molecular flexibility index (Phi) is 7.61. The number of benzene rings is 2. The van der Waals surface area contributed by atoms with E-state index in [1.165, 1.54) is 75.0 Å². The predicted octanol–water partition coefficient (Wildman–Crippen LogP) is 7.60. The Morgan fingerprint density at radius 3 is 2.12 bits per heavy atom. The van der Waals surface area contributed by atoms with Gasteiger partial charge in [-0.2, -0.15) is 0 Å². The molecule has 2 aromatic carbocycles. The number of rotatable bonds is 6. The molecule has 2 nitrogen and oxygen atoms in total. The van der Waals surface area contributed by atoms with Crippen LogP contribution in [0.1, 0.15) is 77.7 Å². The molecule has 0 unspecified atom stereocenters. The minimum Gasteiger partial charge on any atom is -0.369 e. The van der Waals surface area contributed by atoms with Gasteiger partial charge in [0.1, 0.15) is 0 Å². The van der Waals surface area contributed by atoms with E-state index < -0.39 is 0 Å². The van der Waals surface area contributed by atoms with Gasteiger partial charge in [0.2, 0.25) is 0 Å². The molecule has 0 aromatic heterocycles. The topological polar surface area (TPSA) is 6.48 Å². The molecule has 32 heavy (non-hydrogen) atoms. The van der Waals surface area contributed by atoms with Crippen LogP contribution in [0.25, 0.3) is 11.1 Å². The van der Waals surface area contributed by atoms with Gasteiger partial charge in [-0.15, -0.1) is 0 Å². The van der Waals surface area contributed by atoms with E-state index in [-0.39, 0.29) is 0 Å². The van der Waals surface area contributed by atoms with Crippen LogP contribution in [0.2, 0.25) is 0 Å². The molecule has 2 fully saturated rings. The van der Waals surface area contributed by atoms with Crippen molar-refractivity contribution < 1.29 is 0 Å². The van der Waals surface area contributed by atoms with Crippen LogP contribution in [-0.2, 0) is 0 Å². The van der Waals surface area contributed by atoms with Crippen molar-refractivity contribution in [3.63, 3.8) is 0 Å². The summed E-state index contributed by atoms with van der Waals surface area (Å²) in [5.41, 5.74) is 6.26. The lowest BCUT2D eigenvalue weighted by atomic mass is 9.68. The van der Waals surface area contributed by atoms with E-state index in [0.29, 0.717) is 11.3 Å². The second kappa shape index (κ2) is 10.4. The average Bonchev–Trinajstić information content (AvgIpc) is 2.83. The van der Waals surface area contributed by atoms with Crippen LogP contribution in [-0.4, -0.2) is 37.6 Å². The molecule has 174 valence electrons. The quantitative estimate of drug-likeness (QED) is 0.464. The average molecular weight is 433 g/mol. The number of piperazine rings is 1. The van der Waals surface area contributed by atoms with Gasteiger partial charge < -0.3 is 4.90 Å². The van der Waals surface area contributed by atoms with Gasteiger partial charge in [-0.25, -0.2) is 0 Å². The van der Waals surface area contributed by atoms with Crippen molar-refractivity contribution in [1.29, 1.82) is 0 Å². The largest absolute Gasteiger partial charge is 0.369 e. The molecule has 0 atom stereocenters. The number of hydrogen-bond acceptors (Lipinski definition) is 2. The lowest BCUT2D eigenvalue weighted by molar-refractivity contribution is 0.169. The van der Waals surface area contributed by atoms with Crippen molar-refractivity contribution in [2.45, 2.75) is 72.1 Å². The lowest BCUT2D eigenvalue weighted by Crippen LogP contribution is -2.47. The van der Waals surface area contributed by atoms with Crippen LogP contribution < -0.4 is 4.90 Å². The summed E-state index contributed by atoms with van der Waals surface area (Å²) >= 11 is 0. The number of nitrogens with zero attached hydrogens (tertiary/aromatic N) is 2. The van der Waals surface area contributed by atoms with Crippen LogP contribution in [0.4, 0.5) is 5.69 Å². The Hall–Kier alpha value is -1.80. The fourth-order valence-corrected chi connectivity index (χ4v) is 5.84. The Labute approximate surface area is 197 Å². The maximum Gasteiger partial charge on any atom is 0.0408 e. The summed E-state index contributed by atoms with van der Waals surface area (Å²) in [6, 6.07) is 18.3. The first-order valence-corrected chi connectivity index (χ1v) is 13.1. The van der Waals surface area contributed by atoms with E-state index in [2.05, 4.69) is 86.0 Å². The van der Waals surface area contributed by atoms with Gasteiger partial charge in [-0.05, 0) is 78.7 Å². The zero-order chi connectivity index (χ0) is 22.6. The third-order valence-electron chi connectivity index (χ3n) is 8.07. The second-order valence-electron chi connectivity index (χ2n) is 11.2. The van der Waals surface area contributed by atoms with E-state index >= 15 is 0 Å². The molecular formula is C30H44N2. The summed E-state index contributed by atoms with van der Waals surface area (Å²) in [5.74, 6) is 1.58. The van der Waals surface area contributed by atoms with Crippen LogP contribution >= 0.6 is 0 Å². The van der Waals surface area contributed by atoms with Gasteiger partial charge >= 0.3 is 0 Å². The van der Waals surface area contributed by atoms with Crippen molar-refractivity contribution in [2.24, 2.45) is 11.3 Å². The van der Waals surface area contributed by atoms with Crippen LogP contribution in [0.5, 0.6) is 0 Å². The van der Waals surface area contributed by atoms with Crippen molar-refractivity contribution >= 4 is 5.69 Å². The molecule has 0 N–H and O–H groups in total. The zero-order valence-corrected chi connectivity index (χ0v) is 20.9. The lowest BCUT2D eigenvalue weighted by Gasteiger charge is -2.40. The Morgan fingerprint density at radius 1 is 0.812 bits per heavy atom. The highest BCUT2D eigenvalue weighted by molar-refractivity contribution is 5.71. The summed E-state index contributed by atoms with van der Waals surface area (Å²) in [4.78, 5) is 5.36. The molecule has 2 aromatic rings. The third kappa shape index (κ3) is 5.57. The van der Waals surface area contributed by atoms with E-state index in [4.69, 9.17) is 0 Å². The van der Waals surface area contributed by atoms with E-state index in [1.54, 1.807) is 5.56 Å². The first-order chi connectivity index (χ1) is 15.5. The normalized spacial score (nSPS) is 22.8. The highest BCUT2D eigenvalue weighted by Crippen LogP contribution is 2.46. The minimum atomic E-state index is 0.444. The first-order valence-electron chi connectivity index (χ1n) is 13.1. The highest BCUT2D eigenvalue weighted by atomic mass is 15.3. The monoisotopic (exact) mass is 432 g/mol. The number of unbranched alkanes of at least 4 members (excludes halogenated alkanes) is 1. The van der Waals surface area contributed by atoms with Gasteiger partial charge in [0, 0.05) is 31.9 Å². The summed E-state index contributed by atoms with van der Waals surface area (Å²) in [6.07, 6.45) is 8.05. The molecule has 0 bridgehead atoms. The maximum absolute atomic E-state index is 2.69. The minimum absolute atomic E-state index is 0.444. The van der Waals surface area contributed by atoms with Crippen molar-refractivity contribution in [3.05, 3.63) is 54.1 Å². The summed E-state index contributed by atoms with van der Waals surface area (Å²) in [7, 11) is 0. The van der Waals surface area contributed by atoms with E-state index in [1.807, 2.05) is 0 Å². The molecule has 2 aliphatic rings. The number of hydrogen-bond donors (Lipinski definition) is 0. The molecule has 2 heteroatoms. The molecule has 0 radical (unpaired) electrons. The Balaban J connectivity index is 1.56. The maximum atomic E-state index is 2.69. The summed E-state index contributed by atoms with van der Waals surface area (Å²) in [5, 5.41) is 0. The first kappa shape index (κ1) is 23.4. The van der Waals surface area contributed by atoms with E-state index in [0.717, 1.165) is 19.0 Å². The molecular weight excluding hydrogens is 388 g/mol. The highest BCUT2D eigenvalue weighted by Gasteiger charge is 2.32. The second-order valence-corrected chi connectivity index (χ2v) is 11.2. The molecule has 1 heterocycles. The van der Waals surface area contributed by atoms with Crippen LogP contribution in [0, 0.1) is 11.3 Å². The standard InChI is InChI=1S/C30H44N2/c1-5-6-18-31-19-21-32(22-20-31)29-23-26(24-10-8-7-9-11-24)14-17-28(29)25-12-15-27(16-13-25)30(2,3)4/h7-11,14,17,23,25,27H,5-6,12-13,15-16,18-22H2,1-4H3. The third-order valence-corrected chi connectivity index (χ3v) is 8.07. The number of anilines is 1. The Morgan fingerprint density at radius 2 is 1.50 bits per heavy atom. The van der Waals surface area contributed by atoms with Crippen LogP contribution in [0.15, 0.2) is 48.5 Å². The Bertz CT molecular complexity index is 835. The molecule has 1 saturated heterocycles.